The van der Waals surface area contributed by atoms with E-state index >= 15 is 0 Å². The quantitative estimate of drug-likeness (QED) is 0.419. The number of carbonyl (C=O) groups is 1. The van der Waals surface area contributed by atoms with Crippen LogP contribution in [0.25, 0.3) is 17.1 Å². The molecule has 0 aliphatic carbocycles. The molecule has 0 radical (unpaired) electrons. The van der Waals surface area contributed by atoms with Crippen LogP contribution in [0.3, 0.4) is 0 Å². The van der Waals surface area contributed by atoms with Crippen LogP contribution in [0.15, 0.2) is 66.7 Å². The van der Waals surface area contributed by atoms with E-state index in [4.69, 9.17) is 23.2 Å². The second-order valence-electron chi connectivity index (χ2n) is 6.93. The lowest BCUT2D eigenvalue weighted by atomic mass is 10.1. The maximum absolute atomic E-state index is 12.8. The Balaban J connectivity index is 1.74. The maximum atomic E-state index is 12.8. The van der Waals surface area contributed by atoms with Gasteiger partial charge in [-0.25, -0.2) is 9.67 Å². The van der Waals surface area contributed by atoms with Gasteiger partial charge in [0, 0.05) is 21.3 Å². The number of hydrogen-bond acceptors (Lipinski definition) is 3. The van der Waals surface area contributed by atoms with Crippen molar-refractivity contribution in [2.45, 2.75) is 13.8 Å². The van der Waals surface area contributed by atoms with Crippen molar-refractivity contribution in [3.63, 3.8) is 0 Å². The summed E-state index contributed by atoms with van der Waals surface area (Å²) in [6, 6.07) is 20.4. The van der Waals surface area contributed by atoms with E-state index in [9.17, 15) is 4.79 Å². The molecule has 1 N–H and O–H groups in total. The third-order valence-electron chi connectivity index (χ3n) is 4.62. The number of aromatic nitrogens is 3. The molecule has 0 aliphatic heterocycles. The SMILES string of the molecule is Cc1ccc(-c2nc(C(=O)Nc3ccc(C)c(Cl)c3)nn2-c2ccc(Cl)cc2)cc1. The molecule has 0 unspecified atom stereocenters. The first kappa shape index (κ1) is 20.1. The van der Waals surface area contributed by atoms with E-state index < -0.39 is 5.91 Å². The van der Waals surface area contributed by atoms with Crippen LogP contribution < -0.4 is 5.32 Å². The fourth-order valence-electron chi connectivity index (χ4n) is 2.92. The number of aryl methyl sites for hydroxylation is 2. The molecule has 5 nitrogen and oxygen atoms in total. The third-order valence-corrected chi connectivity index (χ3v) is 5.28. The highest BCUT2D eigenvalue weighted by molar-refractivity contribution is 6.31. The van der Waals surface area contributed by atoms with Crippen LogP contribution in [-0.4, -0.2) is 20.7 Å². The Labute approximate surface area is 184 Å². The number of amides is 1. The number of nitrogens with zero attached hydrogens (tertiary/aromatic N) is 3. The fourth-order valence-corrected chi connectivity index (χ4v) is 3.22. The molecule has 7 heteroatoms. The molecule has 4 rings (SSSR count). The van der Waals surface area contributed by atoms with Crippen molar-refractivity contribution < 1.29 is 4.79 Å². The number of halogens is 2. The van der Waals surface area contributed by atoms with Crippen LogP contribution in [0.2, 0.25) is 10.0 Å². The Hall–Kier alpha value is -3.15. The number of hydrogen-bond donors (Lipinski definition) is 1. The van der Waals surface area contributed by atoms with E-state index in [1.807, 2.05) is 56.3 Å². The fraction of sp³-hybridized carbons (Fsp3) is 0.0870. The summed E-state index contributed by atoms with van der Waals surface area (Å²) in [5.74, 6) is 0.192. The van der Waals surface area contributed by atoms with Crippen molar-refractivity contribution in [3.05, 3.63) is 93.7 Å². The zero-order valence-corrected chi connectivity index (χ0v) is 17.9. The largest absolute Gasteiger partial charge is 0.319 e. The summed E-state index contributed by atoms with van der Waals surface area (Å²) >= 11 is 12.2. The average molecular weight is 437 g/mol. The highest BCUT2D eigenvalue weighted by Gasteiger charge is 2.19. The van der Waals surface area contributed by atoms with Crippen molar-refractivity contribution in [2.24, 2.45) is 0 Å². The molecule has 0 fully saturated rings. The summed E-state index contributed by atoms with van der Waals surface area (Å²) in [7, 11) is 0. The normalized spacial score (nSPS) is 10.8. The monoisotopic (exact) mass is 436 g/mol. The maximum Gasteiger partial charge on any atom is 0.295 e. The summed E-state index contributed by atoms with van der Waals surface area (Å²) in [6.45, 7) is 3.91. The highest BCUT2D eigenvalue weighted by atomic mass is 35.5. The molecular formula is C23H18Cl2N4O. The number of rotatable bonds is 4. The van der Waals surface area contributed by atoms with E-state index in [2.05, 4.69) is 15.4 Å². The highest BCUT2D eigenvalue weighted by Crippen LogP contribution is 2.24. The van der Waals surface area contributed by atoms with E-state index in [-0.39, 0.29) is 5.82 Å². The van der Waals surface area contributed by atoms with Crippen LogP contribution in [-0.2, 0) is 0 Å². The van der Waals surface area contributed by atoms with Gasteiger partial charge in [0.05, 0.1) is 5.69 Å². The van der Waals surface area contributed by atoms with Gasteiger partial charge in [-0.3, -0.25) is 4.79 Å². The molecular weight excluding hydrogens is 419 g/mol. The molecule has 1 heterocycles. The van der Waals surface area contributed by atoms with Gasteiger partial charge in [0.25, 0.3) is 5.91 Å². The Bertz CT molecular complexity index is 1150. The van der Waals surface area contributed by atoms with Crippen molar-refractivity contribution in [1.82, 2.24) is 14.8 Å². The molecule has 3 aromatic carbocycles. The Morgan fingerprint density at radius 2 is 1.63 bits per heavy atom. The van der Waals surface area contributed by atoms with Crippen molar-refractivity contribution in [3.8, 4) is 17.1 Å². The molecule has 30 heavy (non-hydrogen) atoms. The lowest BCUT2D eigenvalue weighted by Gasteiger charge is -2.06. The average Bonchev–Trinajstić information content (AvgIpc) is 3.17. The number of nitrogens with one attached hydrogen (secondary N) is 1. The Morgan fingerprint density at radius 1 is 0.933 bits per heavy atom. The number of anilines is 1. The standard InChI is InChI=1S/C23H18Cl2N4O/c1-14-3-6-16(7-4-14)22-27-21(28-29(22)19-11-8-17(24)9-12-19)23(30)26-18-10-5-15(2)20(25)13-18/h3-13H,1-2H3,(H,26,30). The van der Waals surface area contributed by atoms with Crippen molar-refractivity contribution in [1.29, 1.82) is 0 Å². The Kier molecular flexibility index (Phi) is 5.57. The van der Waals surface area contributed by atoms with Crippen molar-refractivity contribution in [2.75, 3.05) is 5.32 Å². The predicted octanol–water partition coefficient (Wildman–Crippen LogP) is 6.11. The lowest BCUT2D eigenvalue weighted by molar-refractivity contribution is 0.101. The van der Waals surface area contributed by atoms with Crippen LogP contribution in [0.5, 0.6) is 0 Å². The van der Waals surface area contributed by atoms with Gasteiger partial charge in [0.2, 0.25) is 5.82 Å². The summed E-state index contributed by atoms with van der Waals surface area (Å²) in [5, 5.41) is 8.46. The van der Waals surface area contributed by atoms with Gasteiger partial charge in [-0.15, -0.1) is 5.10 Å². The lowest BCUT2D eigenvalue weighted by Crippen LogP contribution is -2.14. The predicted molar refractivity (Wildman–Crippen MR) is 121 cm³/mol. The molecule has 0 atom stereocenters. The van der Waals surface area contributed by atoms with E-state index in [0.717, 1.165) is 22.4 Å². The second kappa shape index (κ2) is 8.30. The first-order valence-corrected chi connectivity index (χ1v) is 10.0. The summed E-state index contributed by atoms with van der Waals surface area (Å²) in [4.78, 5) is 17.4. The molecule has 4 aromatic rings. The molecule has 0 saturated heterocycles. The first-order chi connectivity index (χ1) is 14.4. The third kappa shape index (κ3) is 4.22. The molecule has 150 valence electrons. The van der Waals surface area contributed by atoms with Crippen LogP contribution in [0.4, 0.5) is 5.69 Å². The molecule has 0 saturated carbocycles. The summed E-state index contributed by atoms with van der Waals surface area (Å²) < 4.78 is 1.64. The smallest absolute Gasteiger partial charge is 0.295 e. The Morgan fingerprint density at radius 3 is 2.30 bits per heavy atom. The topological polar surface area (TPSA) is 59.8 Å². The van der Waals surface area contributed by atoms with Gasteiger partial charge >= 0.3 is 0 Å². The molecule has 1 amide bonds. The van der Waals surface area contributed by atoms with Gasteiger partial charge in [0.15, 0.2) is 5.82 Å². The minimum absolute atomic E-state index is 0.0530. The summed E-state index contributed by atoms with van der Waals surface area (Å²) in [5.41, 5.74) is 4.24. The minimum atomic E-state index is -0.420. The number of carbonyl (C=O) groups excluding carboxylic acids is 1. The van der Waals surface area contributed by atoms with Gasteiger partial charge in [0.1, 0.15) is 0 Å². The zero-order chi connectivity index (χ0) is 21.3. The van der Waals surface area contributed by atoms with E-state index in [1.165, 1.54) is 0 Å². The number of benzene rings is 3. The van der Waals surface area contributed by atoms with E-state index in [0.29, 0.717) is 21.6 Å². The second-order valence-corrected chi connectivity index (χ2v) is 7.77. The molecule has 0 spiro atoms. The molecule has 0 bridgehead atoms. The van der Waals surface area contributed by atoms with Gasteiger partial charge in [-0.05, 0) is 55.8 Å². The van der Waals surface area contributed by atoms with Gasteiger partial charge in [-0.1, -0.05) is 59.1 Å². The van der Waals surface area contributed by atoms with Crippen LogP contribution in [0, 0.1) is 13.8 Å². The summed E-state index contributed by atoms with van der Waals surface area (Å²) in [6.07, 6.45) is 0. The van der Waals surface area contributed by atoms with Crippen LogP contribution >= 0.6 is 23.2 Å². The van der Waals surface area contributed by atoms with Gasteiger partial charge in [-0.2, -0.15) is 0 Å². The molecule has 1 aromatic heterocycles. The van der Waals surface area contributed by atoms with E-state index in [1.54, 1.807) is 28.9 Å². The zero-order valence-electron chi connectivity index (χ0n) is 16.4. The van der Waals surface area contributed by atoms with Crippen LogP contribution in [0.1, 0.15) is 21.7 Å². The van der Waals surface area contributed by atoms with Crippen molar-refractivity contribution >= 4 is 34.8 Å². The molecule has 0 aliphatic rings. The van der Waals surface area contributed by atoms with Gasteiger partial charge < -0.3 is 5.32 Å². The minimum Gasteiger partial charge on any atom is -0.319 e. The first-order valence-electron chi connectivity index (χ1n) is 9.28.